The second-order valence-corrected chi connectivity index (χ2v) is 4.34. The SMILES string of the molecule is CCCOc1ccc(Nc2ccc(N)cc2N)cc1. The van der Waals surface area contributed by atoms with Gasteiger partial charge in [0.05, 0.1) is 18.0 Å². The van der Waals surface area contributed by atoms with Crippen LogP contribution in [0.4, 0.5) is 22.7 Å². The van der Waals surface area contributed by atoms with E-state index in [0.717, 1.165) is 30.2 Å². The number of hydrogen-bond donors (Lipinski definition) is 3. The van der Waals surface area contributed by atoms with Crippen molar-refractivity contribution in [2.75, 3.05) is 23.4 Å². The van der Waals surface area contributed by atoms with Crippen LogP contribution >= 0.6 is 0 Å². The molecule has 0 aromatic heterocycles. The topological polar surface area (TPSA) is 73.3 Å². The van der Waals surface area contributed by atoms with E-state index in [1.54, 1.807) is 6.07 Å². The molecule has 0 saturated carbocycles. The Morgan fingerprint density at radius 1 is 1.05 bits per heavy atom. The molecule has 0 fully saturated rings. The van der Waals surface area contributed by atoms with Crippen molar-refractivity contribution in [1.29, 1.82) is 0 Å². The van der Waals surface area contributed by atoms with Gasteiger partial charge in [0.15, 0.2) is 0 Å². The monoisotopic (exact) mass is 257 g/mol. The van der Waals surface area contributed by atoms with E-state index in [4.69, 9.17) is 16.2 Å². The quantitative estimate of drug-likeness (QED) is 0.718. The van der Waals surface area contributed by atoms with E-state index >= 15 is 0 Å². The lowest BCUT2D eigenvalue weighted by Crippen LogP contribution is -1.98. The van der Waals surface area contributed by atoms with Crippen molar-refractivity contribution in [3.05, 3.63) is 42.5 Å². The highest BCUT2D eigenvalue weighted by Gasteiger charge is 2.00. The molecule has 0 atom stereocenters. The molecule has 5 N–H and O–H groups in total. The van der Waals surface area contributed by atoms with Gasteiger partial charge in [0.2, 0.25) is 0 Å². The van der Waals surface area contributed by atoms with E-state index < -0.39 is 0 Å². The Labute approximate surface area is 113 Å². The molecule has 2 rings (SSSR count). The summed E-state index contributed by atoms with van der Waals surface area (Å²) in [5.74, 6) is 0.873. The molecule has 0 aliphatic rings. The second-order valence-electron chi connectivity index (χ2n) is 4.34. The molecule has 4 heteroatoms. The lowest BCUT2D eigenvalue weighted by molar-refractivity contribution is 0.317. The zero-order valence-electron chi connectivity index (χ0n) is 11.0. The Hall–Kier alpha value is -2.36. The molecule has 2 aromatic carbocycles. The minimum atomic E-state index is 0.631. The van der Waals surface area contributed by atoms with Crippen LogP contribution in [0.15, 0.2) is 42.5 Å². The van der Waals surface area contributed by atoms with Crippen molar-refractivity contribution in [1.82, 2.24) is 0 Å². The van der Waals surface area contributed by atoms with E-state index in [2.05, 4.69) is 12.2 Å². The van der Waals surface area contributed by atoms with Crippen molar-refractivity contribution >= 4 is 22.7 Å². The van der Waals surface area contributed by atoms with E-state index in [1.165, 1.54) is 0 Å². The number of anilines is 4. The summed E-state index contributed by atoms with van der Waals surface area (Å²) in [6.45, 7) is 2.82. The van der Waals surface area contributed by atoms with Crippen LogP contribution in [0.1, 0.15) is 13.3 Å². The van der Waals surface area contributed by atoms with Gasteiger partial charge >= 0.3 is 0 Å². The molecule has 100 valence electrons. The standard InChI is InChI=1S/C15H19N3O/c1-2-9-19-13-6-4-12(5-7-13)18-15-8-3-11(16)10-14(15)17/h3-8,10,18H,2,9,16-17H2,1H3. The number of nitrogens with two attached hydrogens (primary N) is 2. The fourth-order valence-corrected chi connectivity index (χ4v) is 1.70. The molecule has 0 unspecified atom stereocenters. The molecule has 0 aliphatic carbocycles. The van der Waals surface area contributed by atoms with Crippen LogP contribution in [-0.2, 0) is 0 Å². The average molecular weight is 257 g/mol. The zero-order chi connectivity index (χ0) is 13.7. The van der Waals surface area contributed by atoms with Gasteiger partial charge in [0, 0.05) is 11.4 Å². The maximum absolute atomic E-state index is 5.90. The van der Waals surface area contributed by atoms with Gasteiger partial charge in [-0.3, -0.25) is 0 Å². The van der Waals surface area contributed by atoms with Crippen molar-refractivity contribution in [2.45, 2.75) is 13.3 Å². The fourth-order valence-electron chi connectivity index (χ4n) is 1.70. The summed E-state index contributed by atoms with van der Waals surface area (Å²) in [6, 6.07) is 13.2. The van der Waals surface area contributed by atoms with Crippen molar-refractivity contribution in [3.63, 3.8) is 0 Å². The third-order valence-electron chi connectivity index (χ3n) is 2.68. The molecule has 0 aliphatic heterocycles. The van der Waals surface area contributed by atoms with Gasteiger partial charge in [-0.15, -0.1) is 0 Å². The van der Waals surface area contributed by atoms with Crippen molar-refractivity contribution in [2.24, 2.45) is 0 Å². The molecular weight excluding hydrogens is 238 g/mol. The number of nitrogen functional groups attached to an aromatic ring is 2. The molecule has 4 nitrogen and oxygen atoms in total. The summed E-state index contributed by atoms with van der Waals surface area (Å²) in [6.07, 6.45) is 1.00. The summed E-state index contributed by atoms with van der Waals surface area (Å²) in [5, 5.41) is 3.25. The molecule has 0 heterocycles. The maximum Gasteiger partial charge on any atom is 0.119 e. The highest BCUT2D eigenvalue weighted by atomic mass is 16.5. The van der Waals surface area contributed by atoms with E-state index in [0.29, 0.717) is 11.4 Å². The highest BCUT2D eigenvalue weighted by molar-refractivity contribution is 5.75. The number of nitrogens with one attached hydrogen (secondary N) is 1. The predicted molar refractivity (Wildman–Crippen MR) is 80.8 cm³/mol. The van der Waals surface area contributed by atoms with Crippen LogP contribution < -0.4 is 21.5 Å². The minimum absolute atomic E-state index is 0.631. The van der Waals surface area contributed by atoms with Gasteiger partial charge in [0.25, 0.3) is 0 Å². The maximum atomic E-state index is 5.90. The van der Waals surface area contributed by atoms with Crippen LogP contribution in [0.5, 0.6) is 5.75 Å². The van der Waals surface area contributed by atoms with Gasteiger partial charge in [-0.2, -0.15) is 0 Å². The van der Waals surface area contributed by atoms with Crippen LogP contribution in [-0.4, -0.2) is 6.61 Å². The summed E-state index contributed by atoms with van der Waals surface area (Å²) in [7, 11) is 0. The van der Waals surface area contributed by atoms with Gasteiger partial charge in [-0.05, 0) is 48.9 Å². The van der Waals surface area contributed by atoms with Gasteiger partial charge < -0.3 is 21.5 Å². The van der Waals surface area contributed by atoms with E-state index in [-0.39, 0.29) is 0 Å². The summed E-state index contributed by atoms with van der Waals surface area (Å²) >= 11 is 0. The summed E-state index contributed by atoms with van der Waals surface area (Å²) in [5.41, 5.74) is 14.7. The highest BCUT2D eigenvalue weighted by Crippen LogP contribution is 2.26. The molecule has 19 heavy (non-hydrogen) atoms. The lowest BCUT2D eigenvalue weighted by atomic mass is 10.2. The van der Waals surface area contributed by atoms with E-state index in [1.807, 2.05) is 36.4 Å². The Kier molecular flexibility index (Phi) is 4.13. The first-order valence-corrected chi connectivity index (χ1v) is 6.34. The smallest absolute Gasteiger partial charge is 0.119 e. The number of ether oxygens (including phenoxy) is 1. The molecule has 2 aromatic rings. The van der Waals surface area contributed by atoms with Crippen LogP contribution in [0, 0.1) is 0 Å². The van der Waals surface area contributed by atoms with Crippen LogP contribution in [0.3, 0.4) is 0 Å². The molecule has 0 amide bonds. The molecule has 0 spiro atoms. The first-order chi connectivity index (χ1) is 9.19. The molecule has 0 bridgehead atoms. The molecule has 0 radical (unpaired) electrons. The third kappa shape index (κ3) is 3.55. The van der Waals surface area contributed by atoms with Crippen molar-refractivity contribution in [3.8, 4) is 5.75 Å². The third-order valence-corrected chi connectivity index (χ3v) is 2.68. The van der Waals surface area contributed by atoms with Gasteiger partial charge in [0.1, 0.15) is 5.75 Å². The van der Waals surface area contributed by atoms with Crippen LogP contribution in [0.2, 0.25) is 0 Å². The second kappa shape index (κ2) is 6.00. The summed E-state index contributed by atoms with van der Waals surface area (Å²) < 4.78 is 5.53. The Morgan fingerprint density at radius 2 is 1.79 bits per heavy atom. The lowest BCUT2D eigenvalue weighted by Gasteiger charge is -2.11. The first kappa shape index (κ1) is 13.1. The predicted octanol–water partition coefficient (Wildman–Crippen LogP) is 3.38. The van der Waals surface area contributed by atoms with Gasteiger partial charge in [-0.25, -0.2) is 0 Å². The van der Waals surface area contributed by atoms with Gasteiger partial charge in [-0.1, -0.05) is 6.92 Å². The number of hydrogen-bond acceptors (Lipinski definition) is 4. The Balaban J connectivity index is 2.06. The number of rotatable bonds is 5. The van der Waals surface area contributed by atoms with Crippen LogP contribution in [0.25, 0.3) is 0 Å². The zero-order valence-corrected chi connectivity index (χ0v) is 11.0. The van der Waals surface area contributed by atoms with Crippen molar-refractivity contribution < 1.29 is 4.74 Å². The van der Waals surface area contributed by atoms with E-state index in [9.17, 15) is 0 Å². The first-order valence-electron chi connectivity index (χ1n) is 6.34. The summed E-state index contributed by atoms with van der Waals surface area (Å²) in [4.78, 5) is 0. The Morgan fingerprint density at radius 3 is 2.42 bits per heavy atom. The minimum Gasteiger partial charge on any atom is -0.494 e. The largest absolute Gasteiger partial charge is 0.494 e. The Bertz CT molecular complexity index is 538. The average Bonchev–Trinajstić information content (AvgIpc) is 2.41. The fraction of sp³-hybridized carbons (Fsp3) is 0.200. The normalized spacial score (nSPS) is 10.2. The molecular formula is C15H19N3O. The number of benzene rings is 2. The molecule has 0 saturated heterocycles.